The highest BCUT2D eigenvalue weighted by Crippen LogP contribution is 2.20. The number of sulfone groups is 1. The van der Waals surface area contributed by atoms with Crippen molar-refractivity contribution in [3.05, 3.63) is 23.9 Å². The van der Waals surface area contributed by atoms with E-state index in [1.54, 1.807) is 6.20 Å². The Labute approximate surface area is 108 Å². The lowest BCUT2D eigenvalue weighted by Crippen LogP contribution is -2.47. The van der Waals surface area contributed by atoms with Crippen molar-refractivity contribution in [2.24, 2.45) is 0 Å². The lowest BCUT2D eigenvalue weighted by molar-refractivity contribution is 0.566. The molecule has 0 radical (unpaired) electrons. The summed E-state index contributed by atoms with van der Waals surface area (Å²) in [5.41, 5.74) is 1.16. The zero-order valence-electron chi connectivity index (χ0n) is 10.8. The zero-order valence-corrected chi connectivity index (χ0v) is 11.6. The molecule has 1 aliphatic rings. The molecule has 6 heteroatoms. The van der Waals surface area contributed by atoms with E-state index in [0.29, 0.717) is 6.54 Å². The quantitative estimate of drug-likeness (QED) is 0.862. The molecular formula is C12H19N3O2S. The van der Waals surface area contributed by atoms with Gasteiger partial charge in [-0.2, -0.15) is 0 Å². The Morgan fingerprint density at radius 3 is 3.00 bits per heavy atom. The van der Waals surface area contributed by atoms with Gasteiger partial charge in [0.25, 0.3) is 0 Å². The summed E-state index contributed by atoms with van der Waals surface area (Å²) in [6.07, 6.45) is 1.78. The molecule has 0 saturated carbocycles. The van der Waals surface area contributed by atoms with Crippen LogP contribution in [0, 0.1) is 0 Å². The maximum absolute atomic E-state index is 11.6. The standard InChI is InChI=1S/C12H19N3O2S/c1-10-9-18(16,17)6-5-15(10)12-7-11(8-13-2)3-4-14-12/h3-4,7,10,13H,5-6,8-9H2,1-2H3. The molecule has 1 atom stereocenters. The average Bonchev–Trinajstić information content (AvgIpc) is 2.28. The van der Waals surface area contributed by atoms with Gasteiger partial charge in [-0.25, -0.2) is 13.4 Å². The second-order valence-electron chi connectivity index (χ2n) is 4.71. The first-order chi connectivity index (χ1) is 8.52. The third-order valence-electron chi connectivity index (χ3n) is 3.16. The number of nitrogens with zero attached hydrogens (tertiary/aromatic N) is 2. The summed E-state index contributed by atoms with van der Waals surface area (Å²) < 4.78 is 23.1. The zero-order chi connectivity index (χ0) is 13.2. The summed E-state index contributed by atoms with van der Waals surface area (Å²) >= 11 is 0. The first-order valence-corrected chi connectivity index (χ1v) is 7.90. The fourth-order valence-electron chi connectivity index (χ4n) is 2.27. The molecule has 1 unspecified atom stereocenters. The van der Waals surface area contributed by atoms with Gasteiger partial charge >= 0.3 is 0 Å². The minimum Gasteiger partial charge on any atom is -0.352 e. The highest BCUT2D eigenvalue weighted by Gasteiger charge is 2.28. The third-order valence-corrected chi connectivity index (χ3v) is 4.95. The number of pyridine rings is 1. The Kier molecular flexibility index (Phi) is 3.87. The monoisotopic (exact) mass is 269 g/mol. The average molecular weight is 269 g/mol. The van der Waals surface area contributed by atoms with Crippen molar-refractivity contribution in [1.29, 1.82) is 0 Å². The van der Waals surface area contributed by atoms with Crippen LogP contribution in [-0.2, 0) is 16.4 Å². The predicted molar refractivity (Wildman–Crippen MR) is 72.5 cm³/mol. The van der Waals surface area contributed by atoms with Crippen molar-refractivity contribution in [3.63, 3.8) is 0 Å². The molecule has 18 heavy (non-hydrogen) atoms. The third kappa shape index (κ3) is 3.00. The molecule has 0 aromatic carbocycles. The van der Waals surface area contributed by atoms with Gasteiger partial charge in [-0.05, 0) is 31.7 Å². The van der Waals surface area contributed by atoms with Crippen molar-refractivity contribution in [3.8, 4) is 0 Å². The van der Waals surface area contributed by atoms with E-state index in [9.17, 15) is 8.42 Å². The van der Waals surface area contributed by atoms with E-state index < -0.39 is 9.84 Å². The maximum atomic E-state index is 11.6. The van der Waals surface area contributed by atoms with Gasteiger partial charge in [-0.1, -0.05) is 0 Å². The Morgan fingerprint density at radius 1 is 1.56 bits per heavy atom. The molecule has 100 valence electrons. The van der Waals surface area contributed by atoms with Crippen LogP contribution < -0.4 is 10.2 Å². The summed E-state index contributed by atoms with van der Waals surface area (Å²) in [5, 5.41) is 3.10. The normalized spacial score (nSPS) is 23.0. The molecule has 1 N–H and O–H groups in total. The maximum Gasteiger partial charge on any atom is 0.154 e. The molecule has 2 rings (SSSR count). The summed E-state index contributed by atoms with van der Waals surface area (Å²) in [6, 6.07) is 3.97. The summed E-state index contributed by atoms with van der Waals surface area (Å²) in [4.78, 5) is 6.42. The number of anilines is 1. The summed E-state index contributed by atoms with van der Waals surface area (Å²) in [7, 11) is -0.976. The fraction of sp³-hybridized carbons (Fsp3) is 0.583. The molecule has 1 aromatic rings. The lowest BCUT2D eigenvalue weighted by Gasteiger charge is -2.34. The van der Waals surface area contributed by atoms with E-state index in [1.165, 1.54) is 0 Å². The van der Waals surface area contributed by atoms with Crippen LogP contribution in [-0.4, -0.2) is 44.5 Å². The minimum absolute atomic E-state index is 0.0129. The largest absolute Gasteiger partial charge is 0.352 e. The molecule has 1 saturated heterocycles. The van der Waals surface area contributed by atoms with Crippen molar-refractivity contribution in [1.82, 2.24) is 10.3 Å². The number of nitrogens with one attached hydrogen (secondary N) is 1. The molecular weight excluding hydrogens is 250 g/mol. The van der Waals surface area contributed by atoms with E-state index in [4.69, 9.17) is 0 Å². The highest BCUT2D eigenvalue weighted by molar-refractivity contribution is 7.91. The van der Waals surface area contributed by atoms with E-state index in [-0.39, 0.29) is 17.5 Å². The first kappa shape index (κ1) is 13.3. The van der Waals surface area contributed by atoms with Gasteiger partial charge in [-0.3, -0.25) is 0 Å². The van der Waals surface area contributed by atoms with E-state index in [2.05, 4.69) is 15.2 Å². The first-order valence-electron chi connectivity index (χ1n) is 6.08. The van der Waals surface area contributed by atoms with Gasteiger partial charge in [0.1, 0.15) is 5.82 Å². The van der Waals surface area contributed by atoms with Crippen molar-refractivity contribution >= 4 is 15.7 Å². The molecule has 5 nitrogen and oxygen atoms in total. The number of rotatable bonds is 3. The number of hydrogen-bond donors (Lipinski definition) is 1. The van der Waals surface area contributed by atoms with Crippen LogP contribution in [0.3, 0.4) is 0 Å². The van der Waals surface area contributed by atoms with Gasteiger partial charge in [0.2, 0.25) is 0 Å². The lowest BCUT2D eigenvalue weighted by atomic mass is 10.2. The Balaban J connectivity index is 2.19. The Bertz CT molecular complexity index is 516. The van der Waals surface area contributed by atoms with Crippen molar-refractivity contribution in [2.75, 3.05) is 30.0 Å². The fourth-order valence-corrected chi connectivity index (χ4v) is 3.83. The molecule has 1 aliphatic heterocycles. The van der Waals surface area contributed by atoms with Crippen molar-refractivity contribution in [2.45, 2.75) is 19.5 Å². The van der Waals surface area contributed by atoms with Crippen LogP contribution in [0.25, 0.3) is 0 Å². The van der Waals surface area contributed by atoms with Gasteiger partial charge < -0.3 is 10.2 Å². The summed E-state index contributed by atoms with van der Waals surface area (Å²) in [6.45, 7) is 3.25. The molecule has 1 fully saturated rings. The second kappa shape index (κ2) is 5.24. The minimum atomic E-state index is -2.87. The van der Waals surface area contributed by atoms with E-state index in [1.807, 2.05) is 26.1 Å². The van der Waals surface area contributed by atoms with Crippen molar-refractivity contribution < 1.29 is 8.42 Å². The van der Waals surface area contributed by atoms with Gasteiger partial charge in [-0.15, -0.1) is 0 Å². The molecule has 0 bridgehead atoms. The second-order valence-corrected chi connectivity index (χ2v) is 6.94. The van der Waals surface area contributed by atoms with Crippen LogP contribution in [0.15, 0.2) is 18.3 Å². The molecule has 2 heterocycles. The molecule has 0 amide bonds. The van der Waals surface area contributed by atoms with Crippen LogP contribution in [0.4, 0.5) is 5.82 Å². The van der Waals surface area contributed by atoms with E-state index >= 15 is 0 Å². The van der Waals surface area contributed by atoms with Crippen LogP contribution in [0.5, 0.6) is 0 Å². The van der Waals surface area contributed by atoms with Crippen LogP contribution >= 0.6 is 0 Å². The summed E-state index contributed by atoms with van der Waals surface area (Å²) in [5.74, 6) is 1.30. The Morgan fingerprint density at radius 2 is 2.33 bits per heavy atom. The van der Waals surface area contributed by atoms with Crippen LogP contribution in [0.1, 0.15) is 12.5 Å². The smallest absolute Gasteiger partial charge is 0.154 e. The topological polar surface area (TPSA) is 62.3 Å². The van der Waals surface area contributed by atoms with Gasteiger partial charge in [0.15, 0.2) is 9.84 Å². The SMILES string of the molecule is CNCc1ccnc(N2CCS(=O)(=O)CC2C)c1. The predicted octanol–water partition coefficient (Wildman–Crippen LogP) is 0.424. The van der Waals surface area contributed by atoms with E-state index in [0.717, 1.165) is 17.9 Å². The molecule has 1 aromatic heterocycles. The molecule has 0 aliphatic carbocycles. The van der Waals surface area contributed by atoms with Gasteiger partial charge in [0.05, 0.1) is 11.5 Å². The highest BCUT2D eigenvalue weighted by atomic mass is 32.2. The number of aromatic nitrogens is 1. The number of hydrogen-bond acceptors (Lipinski definition) is 5. The Hall–Kier alpha value is -1.14. The van der Waals surface area contributed by atoms with Gasteiger partial charge in [0, 0.05) is 25.3 Å². The molecule has 0 spiro atoms. The van der Waals surface area contributed by atoms with Crippen LogP contribution in [0.2, 0.25) is 0 Å².